The van der Waals surface area contributed by atoms with Crippen LogP contribution < -0.4 is 5.32 Å². The third kappa shape index (κ3) is 3.50. The van der Waals surface area contributed by atoms with Gasteiger partial charge in [-0.25, -0.2) is 4.98 Å². The van der Waals surface area contributed by atoms with Gasteiger partial charge in [0.2, 0.25) is 5.95 Å². The summed E-state index contributed by atoms with van der Waals surface area (Å²) in [5, 5.41) is 3.50. The van der Waals surface area contributed by atoms with E-state index in [-0.39, 0.29) is 0 Å². The second-order valence-corrected chi connectivity index (χ2v) is 5.63. The summed E-state index contributed by atoms with van der Waals surface area (Å²) in [7, 11) is 0. The fourth-order valence-corrected chi connectivity index (χ4v) is 2.52. The molecule has 1 aliphatic rings. The lowest BCUT2D eigenvalue weighted by atomic mass is 10.1. The number of aryl methyl sites for hydroxylation is 1. The van der Waals surface area contributed by atoms with Gasteiger partial charge in [0.25, 0.3) is 0 Å². The lowest BCUT2D eigenvalue weighted by molar-refractivity contribution is 0.431. The Kier molecular flexibility index (Phi) is 4.67. The molecule has 0 aliphatic heterocycles. The van der Waals surface area contributed by atoms with Gasteiger partial charge >= 0.3 is 0 Å². The van der Waals surface area contributed by atoms with Gasteiger partial charge in [-0.15, -0.1) is 0 Å². The highest BCUT2D eigenvalue weighted by Crippen LogP contribution is 2.38. The van der Waals surface area contributed by atoms with Gasteiger partial charge in [0, 0.05) is 18.8 Å². The van der Waals surface area contributed by atoms with Crippen molar-refractivity contribution in [1.82, 2.24) is 9.55 Å². The van der Waals surface area contributed by atoms with Crippen LogP contribution in [0.1, 0.15) is 64.1 Å². The summed E-state index contributed by atoms with van der Waals surface area (Å²) >= 11 is 0. The molecule has 1 fully saturated rings. The molecule has 1 atom stereocenters. The van der Waals surface area contributed by atoms with Crippen molar-refractivity contribution in [3.63, 3.8) is 0 Å². The molecule has 18 heavy (non-hydrogen) atoms. The topological polar surface area (TPSA) is 29.9 Å². The fraction of sp³-hybridized carbons (Fsp3) is 0.800. The highest BCUT2D eigenvalue weighted by atomic mass is 15.2. The van der Waals surface area contributed by atoms with Gasteiger partial charge in [0.1, 0.15) is 0 Å². The van der Waals surface area contributed by atoms with Gasteiger partial charge in [-0.2, -0.15) is 0 Å². The lowest BCUT2D eigenvalue weighted by Crippen LogP contribution is -2.13. The molecule has 0 spiro atoms. The van der Waals surface area contributed by atoms with Crippen molar-refractivity contribution in [1.29, 1.82) is 0 Å². The van der Waals surface area contributed by atoms with E-state index in [0.29, 0.717) is 6.04 Å². The van der Waals surface area contributed by atoms with Crippen molar-refractivity contribution in [3.8, 4) is 0 Å². The maximum Gasteiger partial charge on any atom is 0.203 e. The predicted octanol–water partition coefficient (Wildman–Crippen LogP) is 4.15. The second kappa shape index (κ2) is 6.26. The molecule has 1 unspecified atom stereocenters. The normalized spacial score (nSPS) is 16.8. The zero-order valence-electron chi connectivity index (χ0n) is 12.1. The fourth-order valence-electron chi connectivity index (χ4n) is 2.52. The number of hydrogen-bond acceptors (Lipinski definition) is 2. The van der Waals surface area contributed by atoms with Gasteiger partial charge in [0.15, 0.2) is 0 Å². The Balaban J connectivity index is 2.03. The molecule has 1 N–H and O–H groups in total. The van der Waals surface area contributed by atoms with E-state index in [1.54, 1.807) is 0 Å². The van der Waals surface area contributed by atoms with E-state index >= 15 is 0 Å². The molecule has 0 radical (unpaired) electrons. The molecular formula is C15H27N3. The largest absolute Gasteiger partial charge is 0.356 e. The number of nitrogens with zero attached hydrogens (tertiary/aromatic N) is 2. The third-order valence-electron chi connectivity index (χ3n) is 3.83. The van der Waals surface area contributed by atoms with Crippen LogP contribution in [0.5, 0.6) is 0 Å². The Labute approximate surface area is 111 Å². The summed E-state index contributed by atoms with van der Waals surface area (Å²) in [5.41, 5.74) is 1.13. The quantitative estimate of drug-likeness (QED) is 0.701. The average Bonchev–Trinajstić information content (AvgIpc) is 3.10. The first-order valence-electron chi connectivity index (χ1n) is 7.53. The second-order valence-electron chi connectivity index (χ2n) is 5.63. The van der Waals surface area contributed by atoms with Gasteiger partial charge in [-0.1, -0.05) is 33.1 Å². The number of imidazole rings is 1. The minimum atomic E-state index is 0.628. The van der Waals surface area contributed by atoms with Crippen LogP contribution in [0.2, 0.25) is 0 Å². The summed E-state index contributed by atoms with van der Waals surface area (Å²) in [6, 6.07) is 0.628. The van der Waals surface area contributed by atoms with E-state index in [4.69, 9.17) is 0 Å². The Bertz CT molecular complexity index is 366. The number of nitrogens with one attached hydrogen (secondary N) is 1. The summed E-state index contributed by atoms with van der Waals surface area (Å²) in [4.78, 5) is 4.63. The molecule has 3 heteroatoms. The zero-order chi connectivity index (χ0) is 13.0. The number of aromatic nitrogens is 2. The van der Waals surface area contributed by atoms with Crippen molar-refractivity contribution in [2.45, 2.75) is 65.3 Å². The molecular weight excluding hydrogens is 222 g/mol. The Morgan fingerprint density at radius 3 is 2.83 bits per heavy atom. The van der Waals surface area contributed by atoms with Crippen LogP contribution >= 0.6 is 0 Å². The number of anilines is 1. The van der Waals surface area contributed by atoms with Crippen molar-refractivity contribution in [2.24, 2.45) is 5.92 Å². The van der Waals surface area contributed by atoms with E-state index in [1.807, 2.05) is 0 Å². The molecule has 1 heterocycles. The molecule has 2 rings (SSSR count). The molecule has 0 amide bonds. The van der Waals surface area contributed by atoms with Crippen LogP contribution in [-0.2, 0) is 0 Å². The van der Waals surface area contributed by atoms with Crippen molar-refractivity contribution in [2.75, 3.05) is 11.9 Å². The maximum absolute atomic E-state index is 4.63. The average molecular weight is 249 g/mol. The Hall–Kier alpha value is -0.990. The van der Waals surface area contributed by atoms with Crippen molar-refractivity contribution < 1.29 is 0 Å². The first-order chi connectivity index (χ1) is 8.74. The first kappa shape index (κ1) is 13.4. The monoisotopic (exact) mass is 249 g/mol. The summed E-state index contributed by atoms with van der Waals surface area (Å²) in [5.74, 6) is 2.05. The first-order valence-corrected chi connectivity index (χ1v) is 7.53. The van der Waals surface area contributed by atoms with Crippen molar-refractivity contribution >= 4 is 5.95 Å². The Morgan fingerprint density at radius 2 is 2.22 bits per heavy atom. The van der Waals surface area contributed by atoms with Gasteiger partial charge in [-0.05, 0) is 32.1 Å². The summed E-state index contributed by atoms with van der Waals surface area (Å²) in [6.07, 6.45) is 10.1. The van der Waals surface area contributed by atoms with E-state index < -0.39 is 0 Å². The third-order valence-corrected chi connectivity index (χ3v) is 3.83. The lowest BCUT2D eigenvalue weighted by Gasteiger charge is -2.19. The standard InChI is InChI=1S/C15H27N3/c1-4-6-9-16-15-17-12(3)11-18(15)14(5-2)10-13-7-8-13/h11,13-14H,4-10H2,1-3H3,(H,16,17). The van der Waals surface area contributed by atoms with Crippen LogP contribution in [0.25, 0.3) is 0 Å². The molecule has 1 aromatic rings. The smallest absolute Gasteiger partial charge is 0.203 e. The minimum Gasteiger partial charge on any atom is -0.356 e. The molecule has 0 saturated heterocycles. The molecule has 3 nitrogen and oxygen atoms in total. The zero-order valence-corrected chi connectivity index (χ0v) is 12.1. The summed E-state index contributed by atoms with van der Waals surface area (Å²) in [6.45, 7) is 7.64. The highest BCUT2D eigenvalue weighted by Gasteiger charge is 2.26. The van der Waals surface area contributed by atoms with E-state index in [1.165, 1.54) is 38.5 Å². The van der Waals surface area contributed by atoms with Crippen LogP contribution in [-0.4, -0.2) is 16.1 Å². The predicted molar refractivity (Wildman–Crippen MR) is 77.0 cm³/mol. The highest BCUT2D eigenvalue weighted by molar-refractivity contribution is 5.29. The van der Waals surface area contributed by atoms with Gasteiger partial charge in [-0.3, -0.25) is 0 Å². The Morgan fingerprint density at radius 1 is 1.44 bits per heavy atom. The van der Waals surface area contributed by atoms with Crippen LogP contribution in [0.4, 0.5) is 5.95 Å². The number of unbranched alkanes of at least 4 members (excludes halogenated alkanes) is 1. The number of hydrogen-bond donors (Lipinski definition) is 1. The molecule has 1 aromatic heterocycles. The van der Waals surface area contributed by atoms with Crippen LogP contribution in [0.3, 0.4) is 0 Å². The van der Waals surface area contributed by atoms with E-state index in [9.17, 15) is 0 Å². The van der Waals surface area contributed by atoms with Crippen LogP contribution in [0.15, 0.2) is 6.20 Å². The molecule has 102 valence electrons. The SMILES string of the molecule is CCCCNc1nc(C)cn1C(CC)CC1CC1. The molecule has 0 bridgehead atoms. The molecule has 1 aliphatic carbocycles. The molecule has 0 aromatic carbocycles. The summed E-state index contributed by atoms with van der Waals surface area (Å²) < 4.78 is 2.38. The van der Waals surface area contributed by atoms with E-state index in [2.05, 4.69) is 41.8 Å². The van der Waals surface area contributed by atoms with Crippen molar-refractivity contribution in [3.05, 3.63) is 11.9 Å². The molecule has 1 saturated carbocycles. The minimum absolute atomic E-state index is 0.628. The van der Waals surface area contributed by atoms with Gasteiger partial charge in [0.05, 0.1) is 5.69 Å². The van der Waals surface area contributed by atoms with Gasteiger partial charge < -0.3 is 9.88 Å². The number of rotatable bonds is 8. The van der Waals surface area contributed by atoms with Crippen LogP contribution in [0, 0.1) is 12.8 Å². The van der Waals surface area contributed by atoms with E-state index in [0.717, 1.165) is 24.1 Å². The maximum atomic E-state index is 4.63.